The van der Waals surface area contributed by atoms with Crippen LogP contribution in [0, 0.1) is 5.92 Å². The lowest BCUT2D eigenvalue weighted by molar-refractivity contribution is -0.131. The number of benzene rings is 1. The van der Waals surface area contributed by atoms with Gasteiger partial charge in [-0.05, 0) is 11.5 Å². The minimum Gasteiger partial charge on any atom is -0.340 e. The zero-order valence-electron chi connectivity index (χ0n) is 11.7. The first-order chi connectivity index (χ1) is 9.06. The molecule has 2 N–H and O–H groups in total. The molecule has 0 bridgehead atoms. The molecule has 1 heterocycles. The Morgan fingerprint density at radius 3 is 2.63 bits per heavy atom. The Labute approximate surface area is 115 Å². The highest BCUT2D eigenvalue weighted by atomic mass is 16.2. The summed E-state index contributed by atoms with van der Waals surface area (Å²) in [5, 5.41) is 0. The van der Waals surface area contributed by atoms with E-state index >= 15 is 0 Å². The van der Waals surface area contributed by atoms with E-state index in [2.05, 4.69) is 11.8 Å². The molecule has 1 saturated heterocycles. The Hall–Kier alpha value is -1.39. The van der Waals surface area contributed by atoms with E-state index in [1.165, 1.54) is 0 Å². The van der Waals surface area contributed by atoms with Crippen molar-refractivity contribution in [2.75, 3.05) is 26.7 Å². The molecule has 1 fully saturated rings. The first-order valence-electron chi connectivity index (χ1n) is 6.82. The van der Waals surface area contributed by atoms with Crippen molar-refractivity contribution in [3.63, 3.8) is 0 Å². The highest BCUT2D eigenvalue weighted by Gasteiger charge is 2.28. The Bertz CT molecular complexity index is 411. The van der Waals surface area contributed by atoms with Gasteiger partial charge in [-0.1, -0.05) is 37.3 Å². The van der Waals surface area contributed by atoms with Gasteiger partial charge in [0.25, 0.3) is 0 Å². The largest absolute Gasteiger partial charge is 0.340 e. The predicted octanol–water partition coefficient (Wildman–Crippen LogP) is 0.924. The number of carbonyl (C=O) groups is 1. The van der Waals surface area contributed by atoms with Gasteiger partial charge in [-0.15, -0.1) is 0 Å². The lowest BCUT2D eigenvalue weighted by Crippen LogP contribution is -2.38. The van der Waals surface area contributed by atoms with Crippen molar-refractivity contribution in [3.8, 4) is 0 Å². The van der Waals surface area contributed by atoms with Crippen LogP contribution in [-0.2, 0) is 11.3 Å². The van der Waals surface area contributed by atoms with E-state index in [-0.39, 0.29) is 11.9 Å². The van der Waals surface area contributed by atoms with Crippen molar-refractivity contribution in [1.29, 1.82) is 0 Å². The number of hydrogen-bond acceptors (Lipinski definition) is 3. The number of carbonyl (C=O) groups excluding carboxylic acids is 1. The second-order valence-electron chi connectivity index (χ2n) is 5.57. The molecule has 1 aromatic carbocycles. The summed E-state index contributed by atoms with van der Waals surface area (Å²) in [6, 6.07) is 10.3. The van der Waals surface area contributed by atoms with Crippen molar-refractivity contribution in [2.24, 2.45) is 11.7 Å². The molecule has 1 amide bonds. The monoisotopic (exact) mass is 261 g/mol. The fourth-order valence-electron chi connectivity index (χ4n) is 2.48. The molecule has 4 nitrogen and oxygen atoms in total. The molecule has 1 aliphatic heterocycles. The van der Waals surface area contributed by atoms with Crippen LogP contribution in [0.1, 0.15) is 12.5 Å². The van der Waals surface area contributed by atoms with Crippen LogP contribution in [0.2, 0.25) is 0 Å². The van der Waals surface area contributed by atoms with Gasteiger partial charge >= 0.3 is 0 Å². The van der Waals surface area contributed by atoms with Crippen LogP contribution in [-0.4, -0.2) is 48.4 Å². The van der Waals surface area contributed by atoms with Crippen LogP contribution in [0.5, 0.6) is 0 Å². The molecule has 2 rings (SSSR count). The van der Waals surface area contributed by atoms with E-state index in [0.717, 1.165) is 18.7 Å². The lowest BCUT2D eigenvalue weighted by Gasteiger charge is -2.21. The van der Waals surface area contributed by atoms with E-state index < -0.39 is 0 Å². The molecule has 0 radical (unpaired) electrons. The average molecular weight is 261 g/mol. The molecule has 1 aromatic rings. The minimum atomic E-state index is 0.158. The van der Waals surface area contributed by atoms with E-state index in [4.69, 9.17) is 5.73 Å². The normalized spacial score (nSPS) is 23.5. The van der Waals surface area contributed by atoms with Crippen LogP contribution in [0.3, 0.4) is 0 Å². The molecule has 1 aliphatic rings. The number of nitrogens with two attached hydrogens (primary N) is 1. The van der Waals surface area contributed by atoms with Gasteiger partial charge in [0.2, 0.25) is 5.91 Å². The maximum Gasteiger partial charge on any atom is 0.236 e. The van der Waals surface area contributed by atoms with E-state index in [1.54, 1.807) is 4.90 Å². The first-order valence-corrected chi connectivity index (χ1v) is 6.82. The molecule has 0 aromatic heterocycles. The van der Waals surface area contributed by atoms with Crippen molar-refractivity contribution in [1.82, 2.24) is 9.80 Å². The van der Waals surface area contributed by atoms with E-state index in [0.29, 0.717) is 19.0 Å². The quantitative estimate of drug-likeness (QED) is 0.877. The lowest BCUT2D eigenvalue weighted by atomic mass is 10.1. The molecule has 2 unspecified atom stereocenters. The van der Waals surface area contributed by atoms with Gasteiger partial charge in [0.05, 0.1) is 6.54 Å². The molecule has 0 saturated carbocycles. The molecule has 4 heteroatoms. The number of hydrogen-bond donors (Lipinski definition) is 1. The molecule has 104 valence electrons. The van der Waals surface area contributed by atoms with Crippen LogP contribution < -0.4 is 5.73 Å². The van der Waals surface area contributed by atoms with Gasteiger partial charge in [-0.25, -0.2) is 0 Å². The summed E-state index contributed by atoms with van der Waals surface area (Å²) in [4.78, 5) is 16.1. The molecular formula is C15H23N3O. The zero-order chi connectivity index (χ0) is 13.8. The third kappa shape index (κ3) is 3.78. The van der Waals surface area contributed by atoms with Gasteiger partial charge in [0.15, 0.2) is 0 Å². The van der Waals surface area contributed by atoms with Gasteiger partial charge in [0.1, 0.15) is 0 Å². The summed E-state index contributed by atoms with van der Waals surface area (Å²) in [7, 11) is 1.86. The number of amides is 1. The highest BCUT2D eigenvalue weighted by molar-refractivity contribution is 5.78. The summed E-state index contributed by atoms with van der Waals surface area (Å²) >= 11 is 0. The minimum absolute atomic E-state index is 0.158. The highest BCUT2D eigenvalue weighted by Crippen LogP contribution is 2.14. The fourth-order valence-corrected chi connectivity index (χ4v) is 2.48. The Balaban J connectivity index is 1.83. The van der Waals surface area contributed by atoms with Crippen LogP contribution >= 0.6 is 0 Å². The predicted molar refractivity (Wildman–Crippen MR) is 76.5 cm³/mol. The summed E-state index contributed by atoms with van der Waals surface area (Å²) in [6.07, 6.45) is 0. The van der Waals surface area contributed by atoms with Gasteiger partial charge in [-0.2, -0.15) is 0 Å². The third-order valence-electron chi connectivity index (χ3n) is 3.79. The molecule has 0 spiro atoms. The molecule has 2 atom stereocenters. The Morgan fingerprint density at radius 2 is 2.05 bits per heavy atom. The van der Waals surface area contributed by atoms with Crippen molar-refractivity contribution < 1.29 is 4.79 Å². The van der Waals surface area contributed by atoms with Crippen molar-refractivity contribution >= 4 is 5.91 Å². The molecule has 19 heavy (non-hydrogen) atoms. The Morgan fingerprint density at radius 1 is 1.37 bits per heavy atom. The van der Waals surface area contributed by atoms with Gasteiger partial charge < -0.3 is 10.6 Å². The zero-order valence-corrected chi connectivity index (χ0v) is 11.7. The number of likely N-dealkylation sites (N-methyl/N-ethyl adjacent to an activating group) is 1. The number of rotatable bonds is 4. The van der Waals surface area contributed by atoms with Crippen LogP contribution in [0.4, 0.5) is 0 Å². The summed E-state index contributed by atoms with van der Waals surface area (Å²) < 4.78 is 0. The number of likely N-dealkylation sites (tertiary alicyclic amines) is 1. The standard InChI is InChI=1S/C15H23N3O/c1-12-8-18(10-14(12)16)11-15(19)17(2)9-13-6-4-3-5-7-13/h3-7,12,14H,8-11,16H2,1-2H3. The molecule has 0 aliphatic carbocycles. The summed E-state index contributed by atoms with van der Waals surface area (Å²) in [5.74, 6) is 0.636. The smallest absolute Gasteiger partial charge is 0.236 e. The van der Waals surface area contributed by atoms with Crippen LogP contribution in [0.25, 0.3) is 0 Å². The fraction of sp³-hybridized carbons (Fsp3) is 0.533. The van der Waals surface area contributed by atoms with Crippen molar-refractivity contribution in [2.45, 2.75) is 19.5 Å². The second-order valence-corrected chi connectivity index (χ2v) is 5.57. The summed E-state index contributed by atoms with van der Waals surface area (Å²) in [5.41, 5.74) is 7.13. The topological polar surface area (TPSA) is 49.6 Å². The second kappa shape index (κ2) is 6.17. The third-order valence-corrected chi connectivity index (χ3v) is 3.79. The first kappa shape index (κ1) is 14.0. The van der Waals surface area contributed by atoms with Crippen LogP contribution in [0.15, 0.2) is 30.3 Å². The maximum absolute atomic E-state index is 12.2. The summed E-state index contributed by atoms with van der Waals surface area (Å²) in [6.45, 7) is 5.03. The Kier molecular flexibility index (Phi) is 4.56. The maximum atomic E-state index is 12.2. The SMILES string of the molecule is CC1CN(CC(=O)N(C)Cc2ccccc2)CC1N. The number of nitrogens with zero attached hydrogens (tertiary/aromatic N) is 2. The average Bonchev–Trinajstić information content (AvgIpc) is 2.69. The van der Waals surface area contributed by atoms with E-state index in [9.17, 15) is 4.79 Å². The van der Waals surface area contributed by atoms with Crippen molar-refractivity contribution in [3.05, 3.63) is 35.9 Å². The van der Waals surface area contributed by atoms with Gasteiger partial charge in [0, 0.05) is 32.7 Å². The molecular weight excluding hydrogens is 238 g/mol. The van der Waals surface area contributed by atoms with Gasteiger partial charge in [-0.3, -0.25) is 9.69 Å². The van der Waals surface area contributed by atoms with E-state index in [1.807, 2.05) is 37.4 Å².